The van der Waals surface area contributed by atoms with Crippen LogP contribution in [0.15, 0.2) is 18.2 Å². The van der Waals surface area contributed by atoms with E-state index in [0.717, 1.165) is 11.8 Å². The fourth-order valence-corrected chi connectivity index (χ4v) is 5.75. The molecule has 26 heavy (non-hydrogen) atoms. The summed E-state index contributed by atoms with van der Waals surface area (Å²) in [6, 6.07) is 0.795. The van der Waals surface area contributed by atoms with E-state index < -0.39 is 44.9 Å². The van der Waals surface area contributed by atoms with Crippen molar-refractivity contribution in [2.75, 3.05) is 22.6 Å². The van der Waals surface area contributed by atoms with Crippen LogP contribution in [-0.2, 0) is 27.0 Å². The van der Waals surface area contributed by atoms with Crippen LogP contribution >= 0.6 is 11.8 Å². The fraction of sp³-hybridized carbons (Fsp3) is 0.500. The Morgan fingerprint density at radius 1 is 1.08 bits per heavy atom. The van der Waals surface area contributed by atoms with Gasteiger partial charge in [0.2, 0.25) is 5.91 Å². The maximum Gasteiger partial charge on any atom is 0.416 e. The standard InChI is InChI=1S/C14H13F6NO3S2/c15-13(16,17)8-3-9(14(18,19)20)5-10(4-8)21-12(22)6-25-11-1-2-26(23,24)7-11/h3-5,11H,1-2,6-7H2,(H,21,22). The molecule has 1 N–H and O–H groups in total. The Bertz CT molecular complexity index is 757. The summed E-state index contributed by atoms with van der Waals surface area (Å²) >= 11 is 0.998. The normalized spacial score (nSPS) is 20.2. The van der Waals surface area contributed by atoms with Crippen molar-refractivity contribution in [1.29, 1.82) is 0 Å². The average molecular weight is 421 g/mol. The number of nitrogens with one attached hydrogen (secondary N) is 1. The maximum absolute atomic E-state index is 12.8. The number of carbonyl (C=O) groups is 1. The van der Waals surface area contributed by atoms with Crippen molar-refractivity contribution in [3.8, 4) is 0 Å². The van der Waals surface area contributed by atoms with Crippen LogP contribution in [-0.4, -0.2) is 36.8 Å². The first-order valence-corrected chi connectivity index (χ1v) is 10.0. The number of sulfone groups is 1. The highest BCUT2D eigenvalue weighted by Gasteiger charge is 2.37. The number of alkyl halides is 6. The van der Waals surface area contributed by atoms with Gasteiger partial charge in [0.05, 0.1) is 28.4 Å². The molecule has 0 bridgehead atoms. The van der Waals surface area contributed by atoms with Crippen molar-refractivity contribution < 1.29 is 39.6 Å². The summed E-state index contributed by atoms with van der Waals surface area (Å²) in [5.74, 6) is -1.20. The summed E-state index contributed by atoms with van der Waals surface area (Å²) in [6.07, 6.45) is -9.66. The number of hydrogen-bond donors (Lipinski definition) is 1. The molecule has 0 saturated carbocycles. The Kier molecular flexibility index (Phi) is 5.86. The monoisotopic (exact) mass is 421 g/mol. The molecule has 1 saturated heterocycles. The third-order valence-electron chi connectivity index (χ3n) is 3.51. The quantitative estimate of drug-likeness (QED) is 0.755. The van der Waals surface area contributed by atoms with Gasteiger partial charge in [0.25, 0.3) is 0 Å². The van der Waals surface area contributed by atoms with Gasteiger partial charge >= 0.3 is 12.4 Å². The minimum Gasteiger partial charge on any atom is -0.325 e. The Balaban J connectivity index is 2.09. The second-order valence-electron chi connectivity index (χ2n) is 5.68. The second kappa shape index (κ2) is 7.29. The van der Waals surface area contributed by atoms with Gasteiger partial charge in [-0.1, -0.05) is 0 Å². The van der Waals surface area contributed by atoms with Crippen LogP contribution < -0.4 is 5.32 Å². The smallest absolute Gasteiger partial charge is 0.325 e. The van der Waals surface area contributed by atoms with Crippen LogP contribution in [0.4, 0.5) is 32.0 Å². The van der Waals surface area contributed by atoms with E-state index in [2.05, 4.69) is 0 Å². The number of thioether (sulfide) groups is 1. The van der Waals surface area contributed by atoms with Crippen molar-refractivity contribution in [3.63, 3.8) is 0 Å². The Morgan fingerprint density at radius 2 is 1.62 bits per heavy atom. The molecule has 1 atom stereocenters. The van der Waals surface area contributed by atoms with Crippen LogP contribution in [0.25, 0.3) is 0 Å². The molecule has 2 rings (SSSR count). The van der Waals surface area contributed by atoms with Crippen molar-refractivity contribution >= 4 is 33.2 Å². The number of benzene rings is 1. The zero-order chi connectivity index (χ0) is 19.8. The zero-order valence-corrected chi connectivity index (χ0v) is 14.6. The molecule has 1 amide bonds. The summed E-state index contributed by atoms with van der Waals surface area (Å²) in [5, 5.41) is 1.68. The van der Waals surface area contributed by atoms with Gasteiger partial charge in [0, 0.05) is 10.9 Å². The second-order valence-corrected chi connectivity index (χ2v) is 9.20. The Hall–Kier alpha value is -1.43. The molecule has 1 heterocycles. The average Bonchev–Trinajstić information content (AvgIpc) is 2.82. The molecule has 0 radical (unpaired) electrons. The Morgan fingerprint density at radius 3 is 2.04 bits per heavy atom. The van der Waals surface area contributed by atoms with Crippen molar-refractivity contribution in [1.82, 2.24) is 0 Å². The molecule has 1 aliphatic rings. The molecule has 4 nitrogen and oxygen atoms in total. The summed E-state index contributed by atoms with van der Waals surface area (Å²) in [7, 11) is -3.15. The number of hydrogen-bond acceptors (Lipinski definition) is 4. The Labute approximate surface area is 149 Å². The van der Waals surface area contributed by atoms with Crippen LogP contribution in [0, 0.1) is 0 Å². The van der Waals surface area contributed by atoms with Gasteiger partial charge in [0.15, 0.2) is 9.84 Å². The van der Waals surface area contributed by atoms with Crippen LogP contribution in [0.3, 0.4) is 0 Å². The van der Waals surface area contributed by atoms with E-state index in [1.165, 1.54) is 0 Å². The van der Waals surface area contributed by atoms with Crippen LogP contribution in [0.2, 0.25) is 0 Å². The minimum absolute atomic E-state index is 0.00510. The molecule has 1 fully saturated rings. The lowest BCUT2D eigenvalue weighted by atomic mass is 10.1. The van der Waals surface area contributed by atoms with E-state index >= 15 is 0 Å². The van der Waals surface area contributed by atoms with Gasteiger partial charge in [-0.05, 0) is 24.6 Å². The number of carbonyl (C=O) groups excluding carboxylic acids is 1. The highest BCUT2D eigenvalue weighted by atomic mass is 32.2. The van der Waals surface area contributed by atoms with Gasteiger partial charge < -0.3 is 5.32 Å². The lowest BCUT2D eigenvalue weighted by molar-refractivity contribution is -0.143. The van der Waals surface area contributed by atoms with E-state index in [0.29, 0.717) is 18.6 Å². The fourth-order valence-electron chi connectivity index (χ4n) is 2.31. The van der Waals surface area contributed by atoms with Crippen molar-refractivity contribution in [2.45, 2.75) is 24.0 Å². The van der Waals surface area contributed by atoms with Gasteiger partial charge in [0.1, 0.15) is 0 Å². The molecule has 1 aromatic rings. The number of anilines is 1. The van der Waals surface area contributed by atoms with Crippen molar-refractivity contribution in [2.24, 2.45) is 0 Å². The van der Waals surface area contributed by atoms with Gasteiger partial charge in [-0.25, -0.2) is 8.42 Å². The molecule has 0 aliphatic carbocycles. The first kappa shape index (κ1) is 20.9. The van der Waals surface area contributed by atoms with E-state index in [4.69, 9.17) is 0 Å². The summed E-state index contributed by atoms with van der Waals surface area (Å²) in [5.41, 5.74) is -3.69. The molecular weight excluding hydrogens is 408 g/mol. The summed E-state index contributed by atoms with van der Waals surface area (Å²) in [4.78, 5) is 11.8. The number of halogens is 6. The molecular formula is C14H13F6NO3S2. The zero-order valence-electron chi connectivity index (χ0n) is 12.9. The maximum atomic E-state index is 12.8. The first-order valence-electron chi connectivity index (χ1n) is 7.18. The topological polar surface area (TPSA) is 63.2 Å². The van der Waals surface area contributed by atoms with Crippen molar-refractivity contribution in [3.05, 3.63) is 29.3 Å². The molecule has 1 aromatic carbocycles. The lowest BCUT2D eigenvalue weighted by Crippen LogP contribution is -2.19. The van der Waals surface area contributed by atoms with E-state index in [1.54, 1.807) is 0 Å². The minimum atomic E-state index is -5.01. The van der Waals surface area contributed by atoms with E-state index in [9.17, 15) is 39.6 Å². The molecule has 0 aromatic heterocycles. The van der Waals surface area contributed by atoms with Crippen LogP contribution in [0.5, 0.6) is 0 Å². The largest absolute Gasteiger partial charge is 0.416 e. The third kappa shape index (κ3) is 5.79. The highest BCUT2D eigenvalue weighted by Crippen LogP contribution is 2.37. The van der Waals surface area contributed by atoms with Gasteiger partial charge in [-0.15, -0.1) is 11.8 Å². The van der Waals surface area contributed by atoms with E-state index in [-0.39, 0.29) is 28.6 Å². The third-order valence-corrected chi connectivity index (χ3v) is 6.79. The molecule has 146 valence electrons. The van der Waals surface area contributed by atoms with Gasteiger partial charge in [-0.3, -0.25) is 4.79 Å². The molecule has 12 heteroatoms. The molecule has 1 unspecified atom stereocenters. The predicted molar refractivity (Wildman–Crippen MR) is 84.6 cm³/mol. The van der Waals surface area contributed by atoms with E-state index in [1.807, 2.05) is 5.32 Å². The molecule has 0 spiro atoms. The highest BCUT2D eigenvalue weighted by molar-refractivity contribution is 8.02. The lowest BCUT2D eigenvalue weighted by Gasteiger charge is -2.15. The van der Waals surface area contributed by atoms with Crippen LogP contribution in [0.1, 0.15) is 17.5 Å². The molecule has 1 aliphatic heterocycles. The summed E-state index contributed by atoms with van der Waals surface area (Å²) < 4.78 is 99.2. The number of amides is 1. The predicted octanol–water partition coefficient (Wildman–Crippen LogP) is 3.58. The SMILES string of the molecule is O=C(CSC1CCS(=O)(=O)C1)Nc1cc(C(F)(F)F)cc(C(F)(F)F)c1. The van der Waals surface area contributed by atoms with Gasteiger partial charge in [-0.2, -0.15) is 26.3 Å². The first-order chi connectivity index (χ1) is 11.8. The number of rotatable bonds is 4. The summed E-state index contributed by atoms with van der Waals surface area (Å²) in [6.45, 7) is 0.